The summed E-state index contributed by atoms with van der Waals surface area (Å²) >= 11 is 0. The molecule has 0 saturated carbocycles. The first-order chi connectivity index (χ1) is 15.6. The van der Waals surface area contributed by atoms with Crippen LogP contribution >= 0.6 is 0 Å². The zero-order valence-electron chi connectivity index (χ0n) is 19.6. The van der Waals surface area contributed by atoms with Crippen molar-refractivity contribution in [3.8, 4) is 5.75 Å². The Kier molecular flexibility index (Phi) is 9.23. The number of hydrogen-bond acceptors (Lipinski definition) is 5. The van der Waals surface area contributed by atoms with Crippen LogP contribution in [0.1, 0.15) is 37.4 Å². The van der Waals surface area contributed by atoms with Gasteiger partial charge < -0.3 is 30.7 Å². The second kappa shape index (κ2) is 11.9. The van der Waals surface area contributed by atoms with Gasteiger partial charge in [0.25, 0.3) is 0 Å². The highest BCUT2D eigenvalue weighted by Crippen LogP contribution is 2.29. The number of hydrogen-bond donors (Lipinski definition) is 4. The molecule has 0 aliphatic rings. The van der Waals surface area contributed by atoms with Crippen molar-refractivity contribution in [2.45, 2.75) is 39.3 Å². The number of rotatable bonds is 10. The number of anilines is 2. The molecule has 9 heteroatoms. The average molecular weight is 457 g/mol. The first kappa shape index (κ1) is 25.7. The molecule has 2 rings (SSSR count). The summed E-state index contributed by atoms with van der Waals surface area (Å²) in [5.41, 5.74) is 2.88. The molecule has 0 radical (unpaired) electrons. The fraction of sp³-hybridized carbons (Fsp3) is 0.375. The molecule has 2 aromatic carbocycles. The van der Waals surface area contributed by atoms with E-state index in [1.165, 1.54) is 14.0 Å². The number of carbonyl (C=O) groups is 3. The molecule has 0 fully saturated rings. The number of amides is 3. The van der Waals surface area contributed by atoms with Crippen molar-refractivity contribution in [1.29, 1.82) is 0 Å². The molecule has 0 aliphatic heterocycles. The number of methoxy groups -OCH3 is 1. The summed E-state index contributed by atoms with van der Waals surface area (Å²) in [6, 6.07) is 11.7. The van der Waals surface area contributed by atoms with Crippen molar-refractivity contribution in [3.05, 3.63) is 53.6 Å². The molecular weight excluding hydrogens is 424 g/mol. The zero-order chi connectivity index (χ0) is 24.5. The molecule has 0 spiro atoms. The van der Waals surface area contributed by atoms with E-state index in [0.29, 0.717) is 23.7 Å². The van der Waals surface area contributed by atoms with Gasteiger partial charge in [-0.2, -0.15) is 0 Å². The molecule has 3 amide bonds. The number of urea groups is 1. The highest BCUT2D eigenvalue weighted by Gasteiger charge is 2.21. The van der Waals surface area contributed by atoms with Gasteiger partial charge >= 0.3 is 12.0 Å². The van der Waals surface area contributed by atoms with E-state index in [1.807, 2.05) is 50.1 Å². The van der Waals surface area contributed by atoms with Crippen LogP contribution in [0.15, 0.2) is 42.5 Å². The standard InChI is InChI=1S/C24H32N4O5/c1-15-8-6-7-9-19(15)26-24(32)27-20-11-10-18(13-22(20)33-5)21(25-17(3)29)14-28(4)16(2)12-23(30)31/h6-11,13,16,21H,12,14H2,1-5H3,(H,25,29)(H,30,31)(H2,26,27,32). The largest absolute Gasteiger partial charge is 0.495 e. The lowest BCUT2D eigenvalue weighted by molar-refractivity contribution is -0.138. The molecule has 0 bridgehead atoms. The molecule has 0 heterocycles. The lowest BCUT2D eigenvalue weighted by atomic mass is 10.0. The fourth-order valence-corrected chi connectivity index (χ4v) is 3.37. The van der Waals surface area contributed by atoms with Crippen LogP contribution in [-0.2, 0) is 9.59 Å². The number of aryl methyl sites for hydroxylation is 1. The average Bonchev–Trinajstić information content (AvgIpc) is 2.74. The van der Waals surface area contributed by atoms with Gasteiger partial charge in [-0.15, -0.1) is 0 Å². The minimum absolute atomic E-state index is 0.00846. The van der Waals surface area contributed by atoms with Crippen LogP contribution in [-0.4, -0.2) is 54.7 Å². The van der Waals surface area contributed by atoms with Crippen LogP contribution in [0.25, 0.3) is 0 Å². The quantitative estimate of drug-likeness (QED) is 0.433. The molecule has 9 nitrogen and oxygen atoms in total. The summed E-state index contributed by atoms with van der Waals surface area (Å²) in [5, 5.41) is 17.6. The number of carbonyl (C=O) groups excluding carboxylic acids is 2. The topological polar surface area (TPSA) is 120 Å². The van der Waals surface area contributed by atoms with Crippen molar-refractivity contribution in [3.63, 3.8) is 0 Å². The SMILES string of the molecule is COc1cc(C(CN(C)C(C)CC(=O)O)NC(C)=O)ccc1NC(=O)Nc1ccccc1C. The van der Waals surface area contributed by atoms with E-state index in [0.717, 1.165) is 11.1 Å². The Morgan fingerprint density at radius 1 is 1.09 bits per heavy atom. The minimum Gasteiger partial charge on any atom is -0.495 e. The maximum absolute atomic E-state index is 12.5. The Bertz CT molecular complexity index is 995. The molecule has 4 N–H and O–H groups in total. The summed E-state index contributed by atoms with van der Waals surface area (Å²) in [7, 11) is 3.31. The molecule has 2 aromatic rings. The predicted molar refractivity (Wildman–Crippen MR) is 128 cm³/mol. The van der Waals surface area contributed by atoms with Crippen LogP contribution in [0.2, 0.25) is 0 Å². The van der Waals surface area contributed by atoms with Gasteiger partial charge in [-0.05, 0) is 50.2 Å². The van der Waals surface area contributed by atoms with E-state index < -0.39 is 18.0 Å². The first-order valence-electron chi connectivity index (χ1n) is 10.6. The highest BCUT2D eigenvalue weighted by molar-refractivity contribution is 6.01. The van der Waals surface area contributed by atoms with E-state index in [4.69, 9.17) is 9.84 Å². The maximum Gasteiger partial charge on any atom is 0.323 e. The summed E-state index contributed by atoms with van der Waals surface area (Å²) < 4.78 is 5.47. The van der Waals surface area contributed by atoms with Crippen molar-refractivity contribution < 1.29 is 24.2 Å². The molecule has 0 aromatic heterocycles. The number of nitrogens with zero attached hydrogens (tertiary/aromatic N) is 1. The normalized spacial score (nSPS) is 12.5. The lowest BCUT2D eigenvalue weighted by Gasteiger charge is -2.29. The zero-order valence-corrected chi connectivity index (χ0v) is 19.6. The highest BCUT2D eigenvalue weighted by atomic mass is 16.5. The Hall–Kier alpha value is -3.59. The van der Waals surface area contributed by atoms with E-state index >= 15 is 0 Å². The number of ether oxygens (including phenoxy) is 1. The van der Waals surface area contributed by atoms with Gasteiger partial charge in [0.05, 0.1) is 25.3 Å². The third-order valence-corrected chi connectivity index (χ3v) is 5.34. The van der Waals surface area contributed by atoms with Crippen molar-refractivity contribution in [2.75, 3.05) is 31.3 Å². The van der Waals surface area contributed by atoms with Crippen LogP contribution in [0.5, 0.6) is 5.75 Å². The number of carboxylic acids is 1. The maximum atomic E-state index is 12.5. The lowest BCUT2D eigenvalue weighted by Crippen LogP contribution is -2.40. The van der Waals surface area contributed by atoms with Crippen LogP contribution in [0.4, 0.5) is 16.2 Å². The number of likely N-dealkylation sites (N-methyl/N-ethyl adjacent to an activating group) is 1. The molecule has 178 valence electrons. The molecule has 33 heavy (non-hydrogen) atoms. The fourth-order valence-electron chi connectivity index (χ4n) is 3.37. The minimum atomic E-state index is -0.883. The number of aliphatic carboxylic acids is 1. The summed E-state index contributed by atoms with van der Waals surface area (Å²) in [4.78, 5) is 37.2. The van der Waals surface area contributed by atoms with Gasteiger partial charge in [0.1, 0.15) is 5.75 Å². The van der Waals surface area contributed by atoms with Crippen molar-refractivity contribution in [2.24, 2.45) is 0 Å². The molecule has 0 aliphatic carbocycles. The monoisotopic (exact) mass is 456 g/mol. The third kappa shape index (κ3) is 7.80. The Labute approximate surface area is 194 Å². The number of benzene rings is 2. The van der Waals surface area contributed by atoms with Gasteiger partial charge in [0, 0.05) is 25.2 Å². The predicted octanol–water partition coefficient (Wildman–Crippen LogP) is 3.62. The second-order valence-corrected chi connectivity index (χ2v) is 7.99. The summed E-state index contributed by atoms with van der Waals surface area (Å²) in [6.07, 6.45) is -0.00846. The first-order valence-corrected chi connectivity index (χ1v) is 10.6. The number of carboxylic acid groups (broad SMARTS) is 1. The van der Waals surface area contributed by atoms with E-state index in [2.05, 4.69) is 16.0 Å². The third-order valence-electron chi connectivity index (χ3n) is 5.34. The Morgan fingerprint density at radius 3 is 2.36 bits per heavy atom. The number of nitrogens with one attached hydrogen (secondary N) is 3. The van der Waals surface area contributed by atoms with Gasteiger partial charge in [-0.1, -0.05) is 24.3 Å². The summed E-state index contributed by atoms with van der Waals surface area (Å²) in [5.74, 6) is -0.659. The molecular formula is C24H32N4O5. The van der Waals surface area contributed by atoms with E-state index in [1.54, 1.807) is 18.2 Å². The van der Waals surface area contributed by atoms with Gasteiger partial charge in [0.15, 0.2) is 0 Å². The molecule has 2 unspecified atom stereocenters. The number of para-hydroxylation sites is 1. The van der Waals surface area contributed by atoms with Gasteiger partial charge in [0.2, 0.25) is 5.91 Å². The van der Waals surface area contributed by atoms with Gasteiger partial charge in [-0.25, -0.2) is 4.79 Å². The smallest absolute Gasteiger partial charge is 0.323 e. The van der Waals surface area contributed by atoms with Crippen LogP contribution in [0, 0.1) is 6.92 Å². The summed E-state index contributed by atoms with van der Waals surface area (Å²) in [6.45, 7) is 5.55. The Balaban J connectivity index is 2.19. The van der Waals surface area contributed by atoms with E-state index in [9.17, 15) is 14.4 Å². The van der Waals surface area contributed by atoms with Crippen molar-refractivity contribution in [1.82, 2.24) is 10.2 Å². The van der Waals surface area contributed by atoms with E-state index in [-0.39, 0.29) is 18.4 Å². The Morgan fingerprint density at radius 2 is 1.76 bits per heavy atom. The van der Waals surface area contributed by atoms with Crippen molar-refractivity contribution >= 4 is 29.3 Å². The van der Waals surface area contributed by atoms with Gasteiger partial charge in [-0.3, -0.25) is 9.59 Å². The van der Waals surface area contributed by atoms with Crippen LogP contribution < -0.4 is 20.7 Å². The second-order valence-electron chi connectivity index (χ2n) is 7.99. The van der Waals surface area contributed by atoms with Crippen LogP contribution in [0.3, 0.4) is 0 Å². The molecule has 0 saturated heterocycles. The molecule has 2 atom stereocenters.